The van der Waals surface area contributed by atoms with Gasteiger partial charge in [-0.1, -0.05) is 30.0 Å². The molecule has 4 nitrogen and oxygen atoms in total. The largest absolute Gasteiger partial charge is 0.416 e. The van der Waals surface area contributed by atoms with Crippen LogP contribution in [0.3, 0.4) is 0 Å². The summed E-state index contributed by atoms with van der Waals surface area (Å²) in [5.74, 6) is 5.67. The number of nitrogens with zero attached hydrogens (tertiary/aromatic N) is 3. The third-order valence-electron chi connectivity index (χ3n) is 4.73. The smallest absolute Gasteiger partial charge is 0.305 e. The van der Waals surface area contributed by atoms with Crippen molar-refractivity contribution in [3.8, 4) is 11.8 Å². The number of halogens is 3. The third kappa shape index (κ3) is 3.61. The molecule has 0 N–H and O–H groups in total. The summed E-state index contributed by atoms with van der Waals surface area (Å²) in [7, 11) is 0. The summed E-state index contributed by atoms with van der Waals surface area (Å²) in [6.07, 6.45) is -2.87. The first-order chi connectivity index (χ1) is 13.8. The van der Waals surface area contributed by atoms with Crippen LogP contribution in [0, 0.1) is 11.8 Å². The van der Waals surface area contributed by atoms with Gasteiger partial charge >= 0.3 is 6.18 Å². The number of rotatable bonds is 1. The molecule has 0 fully saturated rings. The van der Waals surface area contributed by atoms with Gasteiger partial charge in [0, 0.05) is 17.8 Å². The van der Waals surface area contributed by atoms with Crippen molar-refractivity contribution in [2.45, 2.75) is 19.1 Å². The van der Waals surface area contributed by atoms with Crippen molar-refractivity contribution < 1.29 is 18.0 Å². The maximum atomic E-state index is 13.1. The Morgan fingerprint density at radius 3 is 2.38 bits per heavy atom. The minimum Gasteiger partial charge on any atom is -0.305 e. The van der Waals surface area contributed by atoms with E-state index in [1.54, 1.807) is 10.9 Å². The van der Waals surface area contributed by atoms with Gasteiger partial charge in [0.2, 0.25) is 0 Å². The van der Waals surface area contributed by atoms with Gasteiger partial charge in [-0.05, 0) is 43.3 Å². The standard InChI is InChI=1S/C22H16F3N3O/c1-15-14-27(19-11-9-18(10-12-19)22(23,24)25)21(29)20-17(13-26-28(15)20)8-7-16-5-3-2-4-6-16/h2-6,9-13,15H,14H2,1H3/t15-/m0/s1. The van der Waals surface area contributed by atoms with Gasteiger partial charge in [0.05, 0.1) is 23.4 Å². The number of carbonyl (C=O) groups is 1. The van der Waals surface area contributed by atoms with E-state index in [0.717, 1.165) is 17.7 Å². The molecule has 0 radical (unpaired) electrons. The highest BCUT2D eigenvalue weighted by Gasteiger charge is 2.34. The molecule has 2 aromatic carbocycles. The Morgan fingerprint density at radius 1 is 1.03 bits per heavy atom. The molecule has 2 heterocycles. The summed E-state index contributed by atoms with van der Waals surface area (Å²) in [4.78, 5) is 14.6. The van der Waals surface area contributed by atoms with E-state index in [9.17, 15) is 18.0 Å². The van der Waals surface area contributed by atoms with Crippen molar-refractivity contribution in [3.05, 3.63) is 83.2 Å². The summed E-state index contributed by atoms with van der Waals surface area (Å²) < 4.78 is 40.1. The number of alkyl halides is 3. The molecule has 1 aromatic heterocycles. The summed E-state index contributed by atoms with van der Waals surface area (Å²) in [5, 5.41) is 4.29. The van der Waals surface area contributed by atoms with E-state index in [2.05, 4.69) is 16.9 Å². The Kier molecular flexibility index (Phi) is 4.63. The first-order valence-corrected chi connectivity index (χ1v) is 8.98. The van der Waals surface area contributed by atoms with E-state index >= 15 is 0 Å². The molecule has 1 aliphatic rings. The second-order valence-electron chi connectivity index (χ2n) is 6.78. The van der Waals surface area contributed by atoms with Gasteiger partial charge in [0.1, 0.15) is 5.69 Å². The SMILES string of the molecule is C[C@H]1CN(c2ccc(C(F)(F)F)cc2)C(=O)c2c(C#Cc3ccccc3)cnn21. The van der Waals surface area contributed by atoms with Crippen LogP contribution in [-0.4, -0.2) is 22.2 Å². The molecular weight excluding hydrogens is 379 g/mol. The molecule has 3 aromatic rings. The zero-order valence-corrected chi connectivity index (χ0v) is 15.4. The molecule has 146 valence electrons. The van der Waals surface area contributed by atoms with E-state index in [-0.39, 0.29) is 11.9 Å². The number of amides is 1. The van der Waals surface area contributed by atoms with Crippen molar-refractivity contribution in [1.82, 2.24) is 9.78 Å². The van der Waals surface area contributed by atoms with Crippen LogP contribution in [0.1, 0.15) is 40.1 Å². The first-order valence-electron chi connectivity index (χ1n) is 8.98. The van der Waals surface area contributed by atoms with E-state index in [1.165, 1.54) is 17.0 Å². The highest BCUT2D eigenvalue weighted by atomic mass is 19.4. The number of aromatic nitrogens is 2. The average molecular weight is 395 g/mol. The maximum Gasteiger partial charge on any atom is 0.416 e. The summed E-state index contributed by atoms with van der Waals surface area (Å²) in [6, 6.07) is 13.8. The normalized spacial score (nSPS) is 16.2. The van der Waals surface area contributed by atoms with Crippen molar-refractivity contribution in [2.75, 3.05) is 11.4 Å². The number of fused-ring (bicyclic) bond motifs is 1. The molecule has 0 saturated heterocycles. The van der Waals surface area contributed by atoms with Crippen molar-refractivity contribution in [1.29, 1.82) is 0 Å². The lowest BCUT2D eigenvalue weighted by molar-refractivity contribution is -0.137. The Labute approximate surface area is 165 Å². The molecule has 0 aliphatic carbocycles. The van der Waals surface area contributed by atoms with Crippen LogP contribution < -0.4 is 4.90 Å². The van der Waals surface area contributed by atoms with Gasteiger partial charge in [-0.3, -0.25) is 9.48 Å². The van der Waals surface area contributed by atoms with E-state index in [1.807, 2.05) is 37.3 Å². The van der Waals surface area contributed by atoms with E-state index < -0.39 is 11.7 Å². The van der Waals surface area contributed by atoms with Gasteiger partial charge in [-0.15, -0.1) is 0 Å². The maximum absolute atomic E-state index is 13.1. The van der Waals surface area contributed by atoms with Crippen LogP contribution in [0.15, 0.2) is 60.8 Å². The van der Waals surface area contributed by atoms with Crippen LogP contribution in [0.5, 0.6) is 0 Å². The predicted molar refractivity (Wildman–Crippen MR) is 102 cm³/mol. The van der Waals surface area contributed by atoms with Crippen LogP contribution in [0.4, 0.5) is 18.9 Å². The second-order valence-corrected chi connectivity index (χ2v) is 6.78. The van der Waals surface area contributed by atoms with Crippen LogP contribution in [-0.2, 0) is 6.18 Å². The Balaban J connectivity index is 1.68. The lowest BCUT2D eigenvalue weighted by atomic mass is 10.1. The minimum atomic E-state index is -4.42. The van der Waals surface area contributed by atoms with Gasteiger partial charge in [-0.25, -0.2) is 0 Å². The highest BCUT2D eigenvalue weighted by Crippen LogP contribution is 2.32. The molecule has 1 aliphatic heterocycles. The molecule has 0 unspecified atom stereocenters. The summed E-state index contributed by atoms with van der Waals surface area (Å²) >= 11 is 0. The van der Waals surface area contributed by atoms with Gasteiger partial charge in [-0.2, -0.15) is 18.3 Å². The number of benzene rings is 2. The average Bonchev–Trinajstić information content (AvgIpc) is 3.14. The topological polar surface area (TPSA) is 38.1 Å². The van der Waals surface area contributed by atoms with Gasteiger partial charge < -0.3 is 4.90 Å². The molecule has 0 spiro atoms. The molecular formula is C22H16F3N3O. The Bertz CT molecular complexity index is 1110. The number of hydrogen-bond acceptors (Lipinski definition) is 2. The zero-order chi connectivity index (χ0) is 20.6. The number of carbonyl (C=O) groups excluding carboxylic acids is 1. The monoisotopic (exact) mass is 395 g/mol. The fourth-order valence-electron chi connectivity index (χ4n) is 3.27. The number of anilines is 1. The minimum absolute atomic E-state index is 0.141. The molecule has 29 heavy (non-hydrogen) atoms. The van der Waals surface area contributed by atoms with Gasteiger partial charge in [0.25, 0.3) is 5.91 Å². The summed E-state index contributed by atoms with van der Waals surface area (Å²) in [6.45, 7) is 2.21. The lowest BCUT2D eigenvalue weighted by Gasteiger charge is -2.32. The van der Waals surface area contributed by atoms with Crippen molar-refractivity contribution >= 4 is 11.6 Å². The molecule has 4 rings (SSSR count). The third-order valence-corrected chi connectivity index (χ3v) is 4.73. The van der Waals surface area contributed by atoms with E-state index in [4.69, 9.17) is 0 Å². The molecule has 0 saturated carbocycles. The fraction of sp³-hybridized carbons (Fsp3) is 0.182. The summed E-state index contributed by atoms with van der Waals surface area (Å²) in [5.41, 5.74) is 1.29. The first kappa shape index (κ1) is 18.8. The van der Waals surface area contributed by atoms with E-state index in [0.29, 0.717) is 23.5 Å². The zero-order valence-electron chi connectivity index (χ0n) is 15.4. The molecule has 0 bridgehead atoms. The Morgan fingerprint density at radius 2 is 1.72 bits per heavy atom. The Hall–Kier alpha value is -3.53. The van der Waals surface area contributed by atoms with Gasteiger partial charge in [0.15, 0.2) is 0 Å². The van der Waals surface area contributed by atoms with Crippen molar-refractivity contribution in [3.63, 3.8) is 0 Å². The predicted octanol–water partition coefficient (Wildman–Crippen LogP) is 4.52. The van der Waals surface area contributed by atoms with Crippen LogP contribution in [0.25, 0.3) is 0 Å². The van der Waals surface area contributed by atoms with Crippen LogP contribution in [0.2, 0.25) is 0 Å². The molecule has 1 atom stereocenters. The fourth-order valence-corrected chi connectivity index (χ4v) is 3.27. The molecule has 7 heteroatoms. The van der Waals surface area contributed by atoms with Crippen LogP contribution >= 0.6 is 0 Å². The quantitative estimate of drug-likeness (QED) is 0.568. The highest BCUT2D eigenvalue weighted by molar-refractivity contribution is 6.07. The second kappa shape index (κ2) is 7.13. The van der Waals surface area contributed by atoms with Crippen molar-refractivity contribution in [2.24, 2.45) is 0 Å². The number of hydrogen-bond donors (Lipinski definition) is 0. The lowest BCUT2D eigenvalue weighted by Crippen LogP contribution is -2.43. The molecule has 1 amide bonds.